The molecule has 1 fully saturated rings. The molecule has 4 nitrogen and oxygen atoms in total. The van der Waals surface area contributed by atoms with Gasteiger partial charge in [-0.25, -0.2) is 0 Å². The van der Waals surface area contributed by atoms with Crippen LogP contribution in [-0.2, 0) is 14.9 Å². The monoisotopic (exact) mass is 233 g/mol. The van der Waals surface area contributed by atoms with Crippen LogP contribution in [0.3, 0.4) is 0 Å². The maximum Gasteiger partial charge on any atom is 0.234 e. The fraction of sp³-hybridized carbons (Fsp3) is 0.462. The van der Waals surface area contributed by atoms with E-state index in [1.807, 2.05) is 32.0 Å². The second kappa shape index (κ2) is 3.47. The summed E-state index contributed by atoms with van der Waals surface area (Å²) in [5.74, 6) is 0.832. The molecule has 0 radical (unpaired) electrons. The summed E-state index contributed by atoms with van der Waals surface area (Å²) in [6.07, 6.45) is 0.246. The highest BCUT2D eigenvalue weighted by molar-refractivity contribution is 6.05. The van der Waals surface area contributed by atoms with Gasteiger partial charge in [0.05, 0.1) is 12.0 Å². The molecule has 0 aromatic heterocycles. The Kier molecular flexibility index (Phi) is 2.16. The number of ether oxygens (including phenoxy) is 2. The van der Waals surface area contributed by atoms with Crippen molar-refractivity contribution in [1.82, 2.24) is 0 Å². The van der Waals surface area contributed by atoms with Crippen molar-refractivity contribution in [2.45, 2.75) is 25.4 Å². The second-order valence-electron chi connectivity index (χ2n) is 5.05. The number of rotatable bonds is 3. The molecule has 0 bridgehead atoms. The standard InChI is InChI=1S/C13H15NO3/c1-13(2)10-5-8(16-6-9-7-17-9)3-4-11(10)14-12(13)15/h3-5,9H,6-7H2,1-2H3,(H,14,15). The first-order valence-electron chi connectivity index (χ1n) is 5.78. The Morgan fingerprint density at radius 2 is 2.29 bits per heavy atom. The summed E-state index contributed by atoms with van der Waals surface area (Å²) in [5, 5.41) is 2.87. The van der Waals surface area contributed by atoms with Crippen LogP contribution in [-0.4, -0.2) is 25.2 Å². The van der Waals surface area contributed by atoms with E-state index in [0.717, 1.165) is 23.6 Å². The fourth-order valence-corrected chi connectivity index (χ4v) is 1.99. The topological polar surface area (TPSA) is 50.9 Å². The number of hydrogen-bond acceptors (Lipinski definition) is 3. The van der Waals surface area contributed by atoms with E-state index in [1.165, 1.54) is 0 Å². The van der Waals surface area contributed by atoms with Crippen molar-refractivity contribution in [3.05, 3.63) is 23.8 Å². The van der Waals surface area contributed by atoms with Gasteiger partial charge in [-0.1, -0.05) is 0 Å². The van der Waals surface area contributed by atoms with E-state index in [9.17, 15) is 4.79 Å². The predicted molar refractivity (Wildman–Crippen MR) is 63.3 cm³/mol. The average Bonchev–Trinajstić information content (AvgIpc) is 3.07. The molecule has 2 aliphatic heterocycles. The lowest BCUT2D eigenvalue weighted by atomic mass is 9.86. The van der Waals surface area contributed by atoms with Crippen molar-refractivity contribution < 1.29 is 14.3 Å². The number of nitrogens with one attached hydrogen (secondary N) is 1. The van der Waals surface area contributed by atoms with Gasteiger partial charge in [-0.15, -0.1) is 0 Å². The molecular weight excluding hydrogens is 218 g/mol. The smallest absolute Gasteiger partial charge is 0.234 e. The van der Waals surface area contributed by atoms with Gasteiger partial charge in [-0.3, -0.25) is 4.79 Å². The molecule has 1 saturated heterocycles. The molecule has 90 valence electrons. The van der Waals surface area contributed by atoms with Gasteiger partial charge in [0.15, 0.2) is 0 Å². The molecule has 0 saturated carbocycles. The Morgan fingerprint density at radius 3 is 3.00 bits per heavy atom. The van der Waals surface area contributed by atoms with Gasteiger partial charge < -0.3 is 14.8 Å². The first-order chi connectivity index (χ1) is 8.07. The Labute approximate surface area is 99.9 Å². The number of hydrogen-bond donors (Lipinski definition) is 1. The summed E-state index contributed by atoms with van der Waals surface area (Å²) in [6, 6.07) is 5.71. The largest absolute Gasteiger partial charge is 0.491 e. The number of anilines is 1. The zero-order valence-electron chi connectivity index (χ0n) is 9.95. The normalized spacial score (nSPS) is 24.1. The van der Waals surface area contributed by atoms with Gasteiger partial charge in [-0.05, 0) is 37.6 Å². The van der Waals surface area contributed by atoms with Gasteiger partial charge in [0.25, 0.3) is 0 Å². The van der Waals surface area contributed by atoms with E-state index in [2.05, 4.69) is 5.32 Å². The zero-order chi connectivity index (χ0) is 12.0. The highest BCUT2D eigenvalue weighted by atomic mass is 16.6. The van der Waals surface area contributed by atoms with Gasteiger partial charge in [0, 0.05) is 5.69 Å². The van der Waals surface area contributed by atoms with E-state index in [1.54, 1.807) is 0 Å². The predicted octanol–water partition coefficient (Wildman–Crippen LogP) is 1.69. The van der Waals surface area contributed by atoms with Crippen LogP contribution in [0.5, 0.6) is 5.75 Å². The summed E-state index contributed by atoms with van der Waals surface area (Å²) >= 11 is 0. The molecule has 1 unspecified atom stereocenters. The first-order valence-corrected chi connectivity index (χ1v) is 5.78. The molecule has 2 heterocycles. The molecule has 2 aliphatic rings. The Balaban J connectivity index is 1.85. The third-order valence-corrected chi connectivity index (χ3v) is 3.32. The van der Waals surface area contributed by atoms with Gasteiger partial charge in [-0.2, -0.15) is 0 Å². The number of benzene rings is 1. The maximum absolute atomic E-state index is 11.8. The number of carbonyl (C=O) groups is 1. The lowest BCUT2D eigenvalue weighted by molar-refractivity contribution is -0.119. The van der Waals surface area contributed by atoms with Gasteiger partial charge >= 0.3 is 0 Å². The highest BCUT2D eigenvalue weighted by Gasteiger charge is 2.38. The molecular formula is C13H15NO3. The molecule has 1 atom stereocenters. The molecule has 1 amide bonds. The number of fused-ring (bicyclic) bond motifs is 1. The molecule has 4 heteroatoms. The van der Waals surface area contributed by atoms with Crippen LogP contribution < -0.4 is 10.1 Å². The fourth-order valence-electron chi connectivity index (χ4n) is 1.99. The van der Waals surface area contributed by atoms with Crippen LogP contribution in [0.1, 0.15) is 19.4 Å². The minimum absolute atomic E-state index is 0.0372. The van der Waals surface area contributed by atoms with Crippen molar-refractivity contribution in [3.8, 4) is 5.75 Å². The third kappa shape index (κ3) is 1.78. The van der Waals surface area contributed by atoms with E-state index in [4.69, 9.17) is 9.47 Å². The van der Waals surface area contributed by atoms with E-state index in [-0.39, 0.29) is 12.0 Å². The zero-order valence-corrected chi connectivity index (χ0v) is 9.95. The van der Waals surface area contributed by atoms with E-state index in [0.29, 0.717) is 6.61 Å². The number of carbonyl (C=O) groups excluding carboxylic acids is 1. The SMILES string of the molecule is CC1(C)C(=O)Nc2ccc(OCC3CO3)cc21. The summed E-state index contributed by atoms with van der Waals surface area (Å²) in [6.45, 7) is 5.21. The van der Waals surface area contributed by atoms with Crippen molar-refractivity contribution in [2.24, 2.45) is 0 Å². The van der Waals surface area contributed by atoms with Crippen molar-refractivity contribution in [1.29, 1.82) is 0 Å². The van der Waals surface area contributed by atoms with Gasteiger partial charge in [0.2, 0.25) is 5.91 Å². The van der Waals surface area contributed by atoms with Crippen molar-refractivity contribution in [2.75, 3.05) is 18.5 Å². The minimum Gasteiger partial charge on any atom is -0.491 e. The first kappa shape index (κ1) is 10.6. The summed E-state index contributed by atoms with van der Waals surface area (Å²) in [7, 11) is 0. The van der Waals surface area contributed by atoms with E-state index < -0.39 is 5.41 Å². The Bertz CT molecular complexity index is 478. The van der Waals surface area contributed by atoms with Crippen LogP contribution in [0.2, 0.25) is 0 Å². The average molecular weight is 233 g/mol. The minimum atomic E-state index is -0.481. The van der Waals surface area contributed by atoms with Crippen LogP contribution in [0.15, 0.2) is 18.2 Å². The van der Waals surface area contributed by atoms with Gasteiger partial charge in [0.1, 0.15) is 18.5 Å². The molecule has 0 spiro atoms. The van der Waals surface area contributed by atoms with Crippen molar-refractivity contribution in [3.63, 3.8) is 0 Å². The summed E-state index contributed by atoms with van der Waals surface area (Å²) in [4.78, 5) is 11.8. The van der Waals surface area contributed by atoms with Crippen molar-refractivity contribution >= 4 is 11.6 Å². The summed E-state index contributed by atoms with van der Waals surface area (Å²) in [5.41, 5.74) is 1.40. The van der Waals surface area contributed by atoms with E-state index >= 15 is 0 Å². The molecule has 3 rings (SSSR count). The summed E-state index contributed by atoms with van der Waals surface area (Å²) < 4.78 is 10.7. The van der Waals surface area contributed by atoms with Crippen LogP contribution >= 0.6 is 0 Å². The lowest BCUT2D eigenvalue weighted by Gasteiger charge is -2.15. The second-order valence-corrected chi connectivity index (χ2v) is 5.05. The molecule has 1 N–H and O–H groups in total. The maximum atomic E-state index is 11.8. The quantitative estimate of drug-likeness (QED) is 0.808. The lowest BCUT2D eigenvalue weighted by Crippen LogP contribution is -2.26. The Morgan fingerprint density at radius 1 is 1.53 bits per heavy atom. The highest BCUT2D eigenvalue weighted by Crippen LogP contribution is 2.39. The number of epoxide rings is 1. The Hall–Kier alpha value is -1.55. The van der Waals surface area contributed by atoms with Crippen LogP contribution in [0, 0.1) is 0 Å². The molecule has 1 aromatic rings. The number of amides is 1. The van der Waals surface area contributed by atoms with Crippen LogP contribution in [0.25, 0.3) is 0 Å². The molecule has 0 aliphatic carbocycles. The third-order valence-electron chi connectivity index (χ3n) is 3.32. The molecule has 1 aromatic carbocycles. The molecule has 17 heavy (non-hydrogen) atoms. The van der Waals surface area contributed by atoms with Crippen LogP contribution in [0.4, 0.5) is 5.69 Å².